The third kappa shape index (κ3) is 4.49. The lowest BCUT2D eigenvalue weighted by atomic mass is 10.1. The number of hydrogen-bond donors (Lipinski definition) is 1. The average molecular weight is 376 g/mol. The summed E-state index contributed by atoms with van der Waals surface area (Å²) < 4.78 is 54.8. The van der Waals surface area contributed by atoms with Crippen LogP contribution in [0.4, 0.5) is 0 Å². The molecule has 0 aromatic heterocycles. The van der Waals surface area contributed by atoms with Gasteiger partial charge in [0.2, 0.25) is 0 Å². The first-order valence-corrected chi connectivity index (χ1v) is 11.3. The highest BCUT2D eigenvalue weighted by atomic mass is 32.2. The van der Waals surface area contributed by atoms with E-state index in [9.17, 15) is 16.8 Å². The number of rotatable bonds is 7. The van der Waals surface area contributed by atoms with E-state index in [0.29, 0.717) is 18.2 Å². The fourth-order valence-electron chi connectivity index (χ4n) is 2.81. The van der Waals surface area contributed by atoms with Crippen LogP contribution in [0.2, 0.25) is 0 Å². The van der Waals surface area contributed by atoms with Gasteiger partial charge in [-0.1, -0.05) is 13.8 Å². The van der Waals surface area contributed by atoms with E-state index in [1.54, 1.807) is 12.1 Å². The van der Waals surface area contributed by atoms with Crippen molar-refractivity contribution in [2.45, 2.75) is 36.5 Å². The van der Waals surface area contributed by atoms with Crippen LogP contribution in [0, 0.1) is 5.92 Å². The number of hydrogen-bond acceptors (Lipinski definition) is 6. The highest BCUT2D eigenvalue weighted by Crippen LogP contribution is 2.27. The Morgan fingerprint density at radius 2 is 1.83 bits per heavy atom. The molecular formula is C16H25NO5S2. The Kier molecular flexibility index (Phi) is 5.93. The second-order valence-electron chi connectivity index (χ2n) is 6.58. The summed E-state index contributed by atoms with van der Waals surface area (Å²) in [7, 11) is -5.60. The van der Waals surface area contributed by atoms with Crippen molar-refractivity contribution in [3.8, 4) is 5.75 Å². The highest BCUT2D eigenvalue weighted by molar-refractivity contribution is 7.96. The van der Waals surface area contributed by atoms with Gasteiger partial charge in [0.25, 0.3) is 0 Å². The Bertz CT molecular complexity index is 754. The smallest absolute Gasteiger partial charge is 0.183 e. The van der Waals surface area contributed by atoms with Crippen molar-refractivity contribution < 1.29 is 21.6 Å². The first-order chi connectivity index (χ1) is 11.2. The Morgan fingerprint density at radius 1 is 1.21 bits per heavy atom. The SMILES string of the molecule is COc1ccc(S(=O)(=O)C2CS(=O)(=O)CC2NCCC(C)C)cc1. The monoisotopic (exact) mass is 375 g/mol. The molecule has 1 aromatic carbocycles. The zero-order valence-corrected chi connectivity index (χ0v) is 15.9. The number of ether oxygens (including phenoxy) is 1. The van der Waals surface area contributed by atoms with Crippen molar-refractivity contribution in [1.29, 1.82) is 0 Å². The first-order valence-electron chi connectivity index (χ1n) is 7.97. The summed E-state index contributed by atoms with van der Waals surface area (Å²) in [6.07, 6.45) is 0.867. The van der Waals surface area contributed by atoms with Crippen LogP contribution in [0.3, 0.4) is 0 Å². The summed E-state index contributed by atoms with van der Waals surface area (Å²) in [6.45, 7) is 4.74. The van der Waals surface area contributed by atoms with Crippen LogP contribution in [-0.2, 0) is 19.7 Å². The minimum absolute atomic E-state index is 0.126. The van der Waals surface area contributed by atoms with Crippen molar-refractivity contribution in [1.82, 2.24) is 5.32 Å². The molecule has 0 saturated carbocycles. The van der Waals surface area contributed by atoms with E-state index in [1.807, 2.05) is 0 Å². The van der Waals surface area contributed by atoms with E-state index in [0.717, 1.165) is 6.42 Å². The van der Waals surface area contributed by atoms with E-state index in [2.05, 4.69) is 19.2 Å². The summed E-state index contributed by atoms with van der Waals surface area (Å²) in [5, 5.41) is 2.18. The predicted molar refractivity (Wildman–Crippen MR) is 93.9 cm³/mol. The van der Waals surface area contributed by atoms with Gasteiger partial charge in [-0.15, -0.1) is 0 Å². The van der Waals surface area contributed by atoms with E-state index in [1.165, 1.54) is 19.2 Å². The van der Waals surface area contributed by atoms with E-state index in [4.69, 9.17) is 4.74 Å². The van der Waals surface area contributed by atoms with Gasteiger partial charge in [-0.25, -0.2) is 16.8 Å². The normalized spacial score (nSPS) is 23.5. The number of sulfone groups is 2. The lowest BCUT2D eigenvalue weighted by Gasteiger charge is -2.20. The van der Waals surface area contributed by atoms with Crippen molar-refractivity contribution in [3.63, 3.8) is 0 Å². The predicted octanol–water partition coefficient (Wildman–Crippen LogP) is 1.27. The van der Waals surface area contributed by atoms with Gasteiger partial charge in [0.1, 0.15) is 5.75 Å². The van der Waals surface area contributed by atoms with Crippen molar-refractivity contribution >= 4 is 19.7 Å². The van der Waals surface area contributed by atoms with Crippen molar-refractivity contribution in [2.24, 2.45) is 5.92 Å². The van der Waals surface area contributed by atoms with Gasteiger partial charge >= 0.3 is 0 Å². The Labute approximate surface area is 144 Å². The number of benzene rings is 1. The molecule has 2 atom stereocenters. The molecule has 0 amide bonds. The van der Waals surface area contributed by atoms with Crippen LogP contribution in [-0.4, -0.2) is 53.3 Å². The average Bonchev–Trinajstić information content (AvgIpc) is 2.82. The lowest BCUT2D eigenvalue weighted by Crippen LogP contribution is -2.43. The van der Waals surface area contributed by atoms with Crippen LogP contribution in [0.1, 0.15) is 20.3 Å². The molecule has 6 nitrogen and oxygen atoms in total. The Hall–Kier alpha value is -1.12. The maximum atomic E-state index is 12.9. The molecule has 1 fully saturated rings. The van der Waals surface area contributed by atoms with Crippen molar-refractivity contribution in [3.05, 3.63) is 24.3 Å². The molecule has 0 aliphatic carbocycles. The maximum Gasteiger partial charge on any atom is 0.183 e. The third-order valence-electron chi connectivity index (χ3n) is 4.22. The molecule has 1 heterocycles. The Balaban J connectivity index is 2.24. The molecule has 1 saturated heterocycles. The van der Waals surface area contributed by atoms with Gasteiger partial charge in [0.05, 0.1) is 28.8 Å². The van der Waals surface area contributed by atoms with Crippen LogP contribution in [0.5, 0.6) is 5.75 Å². The van der Waals surface area contributed by atoms with E-state index in [-0.39, 0.29) is 16.4 Å². The molecule has 0 spiro atoms. The molecule has 0 bridgehead atoms. The largest absolute Gasteiger partial charge is 0.497 e. The van der Waals surface area contributed by atoms with Crippen LogP contribution in [0.15, 0.2) is 29.2 Å². The van der Waals surface area contributed by atoms with Gasteiger partial charge < -0.3 is 10.1 Å². The third-order valence-corrected chi connectivity index (χ3v) is 8.38. The summed E-state index contributed by atoms with van der Waals surface area (Å²) in [5.41, 5.74) is 0. The van der Waals surface area contributed by atoms with Crippen LogP contribution < -0.4 is 10.1 Å². The maximum absolute atomic E-state index is 12.9. The molecule has 24 heavy (non-hydrogen) atoms. The number of nitrogens with one attached hydrogen (secondary N) is 1. The van der Waals surface area contributed by atoms with Gasteiger partial charge in [0, 0.05) is 6.04 Å². The van der Waals surface area contributed by atoms with Gasteiger partial charge in [-0.3, -0.25) is 0 Å². The molecular weight excluding hydrogens is 350 g/mol. The second-order valence-corrected chi connectivity index (χ2v) is 10.9. The zero-order chi connectivity index (χ0) is 18.0. The topological polar surface area (TPSA) is 89.5 Å². The lowest BCUT2D eigenvalue weighted by molar-refractivity contribution is 0.414. The van der Waals surface area contributed by atoms with Crippen LogP contribution in [0.25, 0.3) is 0 Å². The molecule has 1 N–H and O–H groups in total. The molecule has 1 aliphatic heterocycles. The fourth-order valence-corrected chi connectivity index (χ4v) is 7.53. The van der Waals surface area contributed by atoms with Gasteiger partial charge in [0.15, 0.2) is 19.7 Å². The standard InChI is InChI=1S/C16H25NO5S2/c1-12(2)8-9-17-15-10-23(18,19)11-16(15)24(20,21)14-6-4-13(22-3)5-7-14/h4-7,12,15-17H,8-11H2,1-3H3. The van der Waals surface area contributed by atoms with Crippen LogP contribution >= 0.6 is 0 Å². The molecule has 2 unspecified atom stereocenters. The molecule has 2 rings (SSSR count). The van der Waals surface area contributed by atoms with Gasteiger partial charge in [-0.2, -0.15) is 0 Å². The quantitative estimate of drug-likeness (QED) is 0.772. The minimum atomic E-state index is -3.73. The molecule has 136 valence electrons. The van der Waals surface area contributed by atoms with Gasteiger partial charge in [-0.05, 0) is 43.1 Å². The summed E-state index contributed by atoms with van der Waals surface area (Å²) in [4.78, 5) is 0.126. The second kappa shape index (κ2) is 7.41. The van der Waals surface area contributed by atoms with E-state index < -0.39 is 31.0 Å². The Morgan fingerprint density at radius 3 is 2.38 bits per heavy atom. The van der Waals surface area contributed by atoms with E-state index >= 15 is 0 Å². The zero-order valence-electron chi connectivity index (χ0n) is 14.2. The summed E-state index contributed by atoms with van der Waals surface area (Å²) >= 11 is 0. The molecule has 1 aliphatic rings. The molecule has 8 heteroatoms. The minimum Gasteiger partial charge on any atom is -0.497 e. The number of methoxy groups -OCH3 is 1. The highest BCUT2D eigenvalue weighted by Gasteiger charge is 2.45. The molecule has 0 radical (unpaired) electrons. The van der Waals surface area contributed by atoms with Crippen molar-refractivity contribution in [2.75, 3.05) is 25.2 Å². The molecule has 1 aromatic rings. The fraction of sp³-hybridized carbons (Fsp3) is 0.625. The summed E-state index contributed by atoms with van der Waals surface area (Å²) in [5.74, 6) is 0.554. The summed E-state index contributed by atoms with van der Waals surface area (Å²) in [6, 6.07) is 5.49. The first kappa shape index (κ1) is 19.2.